The van der Waals surface area contributed by atoms with Crippen LogP contribution in [0, 0.1) is 6.92 Å². The highest BCUT2D eigenvalue weighted by Crippen LogP contribution is 2.27. The lowest BCUT2D eigenvalue weighted by Gasteiger charge is -2.10. The minimum Gasteiger partial charge on any atom is -0.491 e. The van der Waals surface area contributed by atoms with Gasteiger partial charge >= 0.3 is 0 Å². The summed E-state index contributed by atoms with van der Waals surface area (Å²) in [5, 5.41) is 7.10. The van der Waals surface area contributed by atoms with Crippen molar-refractivity contribution >= 4 is 5.65 Å². The quantitative estimate of drug-likeness (QED) is 0.599. The van der Waals surface area contributed by atoms with Gasteiger partial charge in [-0.05, 0) is 56.2 Å². The molecular formula is C20H20N4O. The van der Waals surface area contributed by atoms with Crippen LogP contribution in [0.15, 0.2) is 55.0 Å². The molecule has 0 fully saturated rings. The highest BCUT2D eigenvalue weighted by atomic mass is 16.5. The molecule has 0 amide bonds. The Morgan fingerprint density at radius 2 is 1.88 bits per heavy atom. The van der Waals surface area contributed by atoms with E-state index >= 15 is 0 Å². The maximum atomic E-state index is 5.71. The van der Waals surface area contributed by atoms with Gasteiger partial charge in [0.1, 0.15) is 11.4 Å². The average molecular weight is 332 g/mol. The van der Waals surface area contributed by atoms with E-state index in [4.69, 9.17) is 4.74 Å². The molecule has 3 aromatic heterocycles. The van der Waals surface area contributed by atoms with E-state index in [9.17, 15) is 0 Å². The number of nitrogens with zero attached hydrogens (tertiary/aromatic N) is 3. The number of hydrogen-bond acceptors (Lipinski definition) is 3. The smallest absolute Gasteiger partial charge is 0.137 e. The minimum atomic E-state index is 0.178. The zero-order valence-electron chi connectivity index (χ0n) is 14.5. The lowest BCUT2D eigenvalue weighted by molar-refractivity contribution is 0.242. The summed E-state index contributed by atoms with van der Waals surface area (Å²) < 4.78 is 7.79. The first-order valence-corrected chi connectivity index (χ1v) is 8.37. The fourth-order valence-electron chi connectivity index (χ4n) is 2.98. The Morgan fingerprint density at radius 3 is 2.56 bits per heavy atom. The van der Waals surface area contributed by atoms with Crippen molar-refractivity contribution in [1.29, 1.82) is 0 Å². The number of imidazole rings is 1. The highest BCUT2D eigenvalue weighted by Gasteiger charge is 2.11. The number of rotatable bonds is 4. The van der Waals surface area contributed by atoms with Crippen molar-refractivity contribution in [1.82, 2.24) is 19.6 Å². The minimum absolute atomic E-state index is 0.178. The van der Waals surface area contributed by atoms with Crippen LogP contribution in [-0.4, -0.2) is 25.7 Å². The van der Waals surface area contributed by atoms with E-state index in [0.29, 0.717) is 0 Å². The fourth-order valence-corrected chi connectivity index (χ4v) is 2.98. The van der Waals surface area contributed by atoms with Gasteiger partial charge in [0.05, 0.1) is 23.7 Å². The van der Waals surface area contributed by atoms with Gasteiger partial charge in [0.2, 0.25) is 0 Å². The summed E-state index contributed by atoms with van der Waals surface area (Å²) in [6, 6.07) is 12.4. The molecule has 1 N–H and O–H groups in total. The Labute approximate surface area is 146 Å². The molecule has 0 bridgehead atoms. The molecule has 126 valence electrons. The molecule has 5 heteroatoms. The van der Waals surface area contributed by atoms with Gasteiger partial charge in [-0.3, -0.25) is 9.50 Å². The number of aromatic nitrogens is 4. The third-order valence-electron chi connectivity index (χ3n) is 4.18. The molecule has 0 unspecified atom stereocenters. The summed E-state index contributed by atoms with van der Waals surface area (Å²) in [6.07, 6.45) is 6.02. The maximum Gasteiger partial charge on any atom is 0.137 e. The van der Waals surface area contributed by atoms with Crippen molar-refractivity contribution in [2.75, 3.05) is 0 Å². The topological polar surface area (TPSA) is 55.2 Å². The third-order valence-corrected chi connectivity index (χ3v) is 4.18. The number of fused-ring (bicyclic) bond motifs is 1. The van der Waals surface area contributed by atoms with E-state index in [2.05, 4.69) is 50.0 Å². The van der Waals surface area contributed by atoms with Gasteiger partial charge < -0.3 is 4.74 Å². The molecule has 25 heavy (non-hydrogen) atoms. The predicted octanol–water partition coefficient (Wildman–Crippen LogP) is 4.49. The second-order valence-corrected chi connectivity index (χ2v) is 6.36. The molecule has 4 aromatic rings. The summed E-state index contributed by atoms with van der Waals surface area (Å²) in [5.74, 6) is 0.887. The molecule has 3 heterocycles. The van der Waals surface area contributed by atoms with Crippen molar-refractivity contribution < 1.29 is 4.74 Å². The highest BCUT2D eigenvalue weighted by molar-refractivity contribution is 5.71. The van der Waals surface area contributed by atoms with Gasteiger partial charge in [0.15, 0.2) is 0 Å². The van der Waals surface area contributed by atoms with Crippen LogP contribution >= 0.6 is 0 Å². The van der Waals surface area contributed by atoms with Gasteiger partial charge in [-0.1, -0.05) is 12.1 Å². The van der Waals surface area contributed by atoms with Crippen LogP contribution in [0.2, 0.25) is 0 Å². The van der Waals surface area contributed by atoms with Crippen LogP contribution in [0.4, 0.5) is 0 Å². The fraction of sp³-hybridized carbons (Fsp3) is 0.200. The first-order valence-electron chi connectivity index (χ1n) is 8.37. The molecule has 0 spiro atoms. The molecule has 0 saturated carbocycles. The van der Waals surface area contributed by atoms with Crippen LogP contribution in [0.1, 0.15) is 19.5 Å². The second-order valence-electron chi connectivity index (χ2n) is 6.36. The molecule has 0 aliphatic heterocycles. The van der Waals surface area contributed by atoms with Crippen LogP contribution < -0.4 is 4.74 Å². The molecule has 0 aliphatic carbocycles. The SMILES string of the molecule is Cc1n[nH]cc1-c1cnc2cc(-c3ccc(OC(C)C)cc3)ccn12. The summed E-state index contributed by atoms with van der Waals surface area (Å²) in [5.41, 5.74) is 6.25. The number of ether oxygens (including phenoxy) is 1. The van der Waals surface area contributed by atoms with E-state index in [1.54, 1.807) is 0 Å². The Balaban J connectivity index is 1.69. The summed E-state index contributed by atoms with van der Waals surface area (Å²) >= 11 is 0. The second kappa shape index (κ2) is 6.09. The summed E-state index contributed by atoms with van der Waals surface area (Å²) in [6.45, 7) is 6.04. The summed E-state index contributed by atoms with van der Waals surface area (Å²) in [7, 11) is 0. The van der Waals surface area contributed by atoms with Gasteiger partial charge in [0.25, 0.3) is 0 Å². The average Bonchev–Trinajstić information content (AvgIpc) is 3.20. The number of benzene rings is 1. The number of pyridine rings is 1. The van der Waals surface area contributed by atoms with Crippen molar-refractivity contribution in [2.24, 2.45) is 0 Å². The molecule has 0 radical (unpaired) electrons. The third kappa shape index (κ3) is 2.89. The standard InChI is InChI=1S/C20H20N4O/c1-13(2)25-17-6-4-15(5-7-17)16-8-9-24-19(12-21-20(24)10-16)18-11-22-23-14(18)3/h4-13H,1-3H3,(H,22,23). The lowest BCUT2D eigenvalue weighted by Crippen LogP contribution is -2.05. The van der Waals surface area contributed by atoms with E-state index in [1.165, 1.54) is 0 Å². The van der Waals surface area contributed by atoms with Crippen LogP contribution in [0.3, 0.4) is 0 Å². The Kier molecular flexibility index (Phi) is 3.76. The Morgan fingerprint density at radius 1 is 1.08 bits per heavy atom. The maximum absolute atomic E-state index is 5.71. The van der Waals surface area contributed by atoms with E-state index in [1.807, 2.05) is 45.3 Å². The first kappa shape index (κ1) is 15.4. The number of H-pyrrole nitrogens is 1. The Hall–Kier alpha value is -3.08. The number of hydrogen-bond donors (Lipinski definition) is 1. The van der Waals surface area contributed by atoms with Gasteiger partial charge in [-0.25, -0.2) is 4.98 Å². The lowest BCUT2D eigenvalue weighted by atomic mass is 10.1. The van der Waals surface area contributed by atoms with Crippen molar-refractivity contribution in [3.05, 3.63) is 60.7 Å². The van der Waals surface area contributed by atoms with Gasteiger partial charge in [-0.2, -0.15) is 5.10 Å². The summed E-state index contributed by atoms with van der Waals surface area (Å²) in [4.78, 5) is 4.56. The normalized spacial score (nSPS) is 11.4. The monoisotopic (exact) mass is 332 g/mol. The van der Waals surface area contributed by atoms with E-state index < -0.39 is 0 Å². The van der Waals surface area contributed by atoms with Crippen molar-refractivity contribution in [3.63, 3.8) is 0 Å². The zero-order valence-corrected chi connectivity index (χ0v) is 14.5. The first-order chi connectivity index (χ1) is 12.1. The molecular weight excluding hydrogens is 312 g/mol. The van der Waals surface area contributed by atoms with E-state index in [0.717, 1.165) is 39.5 Å². The van der Waals surface area contributed by atoms with Crippen molar-refractivity contribution in [3.8, 4) is 28.1 Å². The molecule has 5 nitrogen and oxygen atoms in total. The molecule has 0 aliphatic rings. The predicted molar refractivity (Wildman–Crippen MR) is 98.7 cm³/mol. The van der Waals surface area contributed by atoms with Crippen molar-refractivity contribution in [2.45, 2.75) is 26.9 Å². The van der Waals surface area contributed by atoms with Gasteiger partial charge in [0, 0.05) is 18.0 Å². The van der Waals surface area contributed by atoms with Crippen LogP contribution in [0.5, 0.6) is 5.75 Å². The van der Waals surface area contributed by atoms with Crippen LogP contribution in [0.25, 0.3) is 28.0 Å². The molecule has 4 rings (SSSR count). The molecule has 0 saturated heterocycles. The molecule has 0 atom stereocenters. The number of nitrogens with one attached hydrogen (secondary N) is 1. The van der Waals surface area contributed by atoms with Crippen LogP contribution in [-0.2, 0) is 0 Å². The Bertz CT molecular complexity index is 1010. The molecule has 1 aromatic carbocycles. The zero-order chi connectivity index (χ0) is 17.4. The number of aryl methyl sites for hydroxylation is 1. The number of aromatic amines is 1. The van der Waals surface area contributed by atoms with E-state index in [-0.39, 0.29) is 6.10 Å². The van der Waals surface area contributed by atoms with Gasteiger partial charge in [-0.15, -0.1) is 0 Å². The largest absolute Gasteiger partial charge is 0.491 e.